The Hall–Kier alpha value is -2.05. The normalized spacial score (nSPS) is 33.2. The number of carbonyl (C=O) groups is 2. The van der Waals surface area contributed by atoms with Gasteiger partial charge < -0.3 is 5.73 Å². The van der Waals surface area contributed by atoms with Gasteiger partial charge in [0.15, 0.2) is 0 Å². The van der Waals surface area contributed by atoms with E-state index in [4.69, 9.17) is 5.73 Å². The van der Waals surface area contributed by atoms with Gasteiger partial charge in [-0.25, -0.2) is 13.2 Å². The molecule has 0 aromatic heterocycles. The summed E-state index contributed by atoms with van der Waals surface area (Å²) < 4.78 is 41.2. The van der Waals surface area contributed by atoms with E-state index in [1.165, 1.54) is 6.92 Å². The molecular formula is C17H19F3N2O2. The van der Waals surface area contributed by atoms with Gasteiger partial charge in [0.05, 0.1) is 11.1 Å². The number of anilines is 1. The molecule has 1 aromatic carbocycles. The molecule has 130 valence electrons. The molecule has 3 rings (SSSR count). The number of benzene rings is 1. The van der Waals surface area contributed by atoms with Crippen molar-refractivity contribution in [1.29, 1.82) is 0 Å². The van der Waals surface area contributed by atoms with Crippen LogP contribution in [0.1, 0.15) is 39.0 Å². The number of primary amides is 1. The summed E-state index contributed by atoms with van der Waals surface area (Å²) in [7, 11) is 0. The highest BCUT2D eigenvalue weighted by atomic mass is 19.1. The molecule has 1 atom stereocenters. The Bertz CT molecular complexity index is 675. The van der Waals surface area contributed by atoms with Crippen LogP contribution in [0.4, 0.5) is 18.9 Å². The summed E-state index contributed by atoms with van der Waals surface area (Å²) in [4.78, 5) is 25.9. The van der Waals surface area contributed by atoms with Gasteiger partial charge in [0.1, 0.15) is 23.3 Å². The number of nitrogens with two attached hydrogens (primary N) is 1. The third-order valence-electron chi connectivity index (χ3n) is 5.27. The highest BCUT2D eigenvalue weighted by Crippen LogP contribution is 2.51. The van der Waals surface area contributed by atoms with Crippen LogP contribution in [0.2, 0.25) is 0 Å². The Morgan fingerprint density at radius 2 is 1.71 bits per heavy atom. The molecule has 1 saturated heterocycles. The number of halogens is 3. The average molecular weight is 340 g/mol. The van der Waals surface area contributed by atoms with E-state index in [9.17, 15) is 22.8 Å². The number of hydrogen-bond acceptors (Lipinski definition) is 2. The molecule has 0 radical (unpaired) electrons. The molecule has 1 heterocycles. The van der Waals surface area contributed by atoms with E-state index in [1.807, 2.05) is 0 Å². The Balaban J connectivity index is 1.99. The first-order valence-electron chi connectivity index (χ1n) is 7.92. The van der Waals surface area contributed by atoms with Crippen LogP contribution in [0.3, 0.4) is 0 Å². The van der Waals surface area contributed by atoms with Crippen molar-refractivity contribution in [3.05, 3.63) is 29.8 Å². The van der Waals surface area contributed by atoms with Gasteiger partial charge in [-0.2, -0.15) is 0 Å². The van der Waals surface area contributed by atoms with Crippen LogP contribution in [0.25, 0.3) is 0 Å². The third kappa shape index (κ3) is 2.76. The van der Waals surface area contributed by atoms with Crippen molar-refractivity contribution in [2.45, 2.75) is 50.7 Å². The standard InChI is InChI=1S/C17H19F3N2O2/c1-16(20)2-4-17(5-3-16)9-13(14(21)23)22(15(17)24)12-7-10(18)6-11(19)8-12/h6-8,13H,2-5,9H2,1H3,(H2,21,23). The highest BCUT2D eigenvalue weighted by Gasteiger charge is 2.56. The largest absolute Gasteiger partial charge is 0.368 e. The summed E-state index contributed by atoms with van der Waals surface area (Å²) >= 11 is 0. The van der Waals surface area contributed by atoms with Crippen LogP contribution < -0.4 is 10.6 Å². The van der Waals surface area contributed by atoms with Crippen LogP contribution >= 0.6 is 0 Å². The molecule has 1 aromatic rings. The molecule has 4 nitrogen and oxygen atoms in total. The van der Waals surface area contributed by atoms with Gasteiger partial charge in [-0.1, -0.05) is 0 Å². The molecule has 1 aliphatic heterocycles. The Labute approximate surface area is 137 Å². The lowest BCUT2D eigenvalue weighted by atomic mass is 9.68. The Morgan fingerprint density at radius 3 is 2.21 bits per heavy atom. The molecule has 7 heteroatoms. The average Bonchev–Trinajstić information content (AvgIpc) is 2.75. The van der Waals surface area contributed by atoms with Crippen LogP contribution in [-0.4, -0.2) is 23.5 Å². The fourth-order valence-electron chi connectivity index (χ4n) is 3.82. The molecule has 1 unspecified atom stereocenters. The van der Waals surface area contributed by atoms with Crippen molar-refractivity contribution >= 4 is 17.5 Å². The van der Waals surface area contributed by atoms with E-state index in [0.29, 0.717) is 6.07 Å². The minimum absolute atomic E-state index is 0.0354. The quantitative estimate of drug-likeness (QED) is 0.900. The number of alkyl halides is 1. The van der Waals surface area contributed by atoms with Gasteiger partial charge >= 0.3 is 0 Å². The smallest absolute Gasteiger partial charge is 0.240 e. The molecule has 1 aliphatic carbocycles. The fraction of sp³-hybridized carbons (Fsp3) is 0.529. The second-order valence-electron chi connectivity index (χ2n) is 7.12. The minimum Gasteiger partial charge on any atom is -0.368 e. The first kappa shape index (κ1) is 16.8. The van der Waals surface area contributed by atoms with E-state index in [1.54, 1.807) is 0 Å². The van der Waals surface area contributed by atoms with Crippen LogP contribution in [-0.2, 0) is 9.59 Å². The second kappa shape index (κ2) is 5.50. The zero-order valence-electron chi connectivity index (χ0n) is 13.3. The monoisotopic (exact) mass is 340 g/mol. The number of carbonyl (C=O) groups excluding carboxylic acids is 2. The SMILES string of the molecule is CC1(F)CCC2(CC1)CC(C(N)=O)N(c1cc(F)cc(F)c1)C2=O. The topological polar surface area (TPSA) is 63.4 Å². The van der Waals surface area contributed by atoms with Crippen molar-refractivity contribution in [2.24, 2.45) is 11.1 Å². The number of hydrogen-bond donors (Lipinski definition) is 1. The maximum absolute atomic E-state index is 14.1. The van der Waals surface area contributed by atoms with E-state index < -0.39 is 40.6 Å². The minimum atomic E-state index is -1.34. The zero-order valence-corrected chi connectivity index (χ0v) is 13.3. The van der Waals surface area contributed by atoms with Crippen molar-refractivity contribution in [1.82, 2.24) is 0 Å². The van der Waals surface area contributed by atoms with Gasteiger partial charge in [-0.05, 0) is 51.2 Å². The highest BCUT2D eigenvalue weighted by molar-refractivity contribution is 6.06. The summed E-state index contributed by atoms with van der Waals surface area (Å²) in [5.41, 5.74) is 3.14. The molecular weight excluding hydrogens is 321 g/mol. The van der Waals surface area contributed by atoms with Crippen molar-refractivity contribution in [3.8, 4) is 0 Å². The lowest BCUT2D eigenvalue weighted by molar-refractivity contribution is -0.128. The summed E-state index contributed by atoms with van der Waals surface area (Å²) in [6.45, 7) is 1.49. The van der Waals surface area contributed by atoms with Crippen LogP contribution in [0, 0.1) is 17.0 Å². The zero-order chi connectivity index (χ0) is 17.7. The summed E-state index contributed by atoms with van der Waals surface area (Å²) in [6.07, 6.45) is 1.13. The van der Waals surface area contributed by atoms with Gasteiger partial charge in [0.2, 0.25) is 11.8 Å². The van der Waals surface area contributed by atoms with Crippen LogP contribution in [0.5, 0.6) is 0 Å². The molecule has 2 amide bonds. The Kier molecular flexibility index (Phi) is 3.85. The number of rotatable bonds is 2. The molecule has 1 spiro atoms. The van der Waals surface area contributed by atoms with E-state index >= 15 is 0 Å². The predicted molar refractivity (Wildman–Crippen MR) is 81.9 cm³/mol. The number of amides is 2. The summed E-state index contributed by atoms with van der Waals surface area (Å²) in [5.74, 6) is -2.84. The van der Waals surface area contributed by atoms with Gasteiger partial charge in [-0.3, -0.25) is 14.5 Å². The van der Waals surface area contributed by atoms with Crippen molar-refractivity contribution < 1.29 is 22.8 Å². The lowest BCUT2D eigenvalue weighted by Crippen LogP contribution is -2.44. The first-order chi connectivity index (χ1) is 11.1. The van der Waals surface area contributed by atoms with Gasteiger partial charge in [0.25, 0.3) is 0 Å². The van der Waals surface area contributed by atoms with Gasteiger partial charge in [-0.15, -0.1) is 0 Å². The lowest BCUT2D eigenvalue weighted by Gasteiger charge is -2.37. The predicted octanol–water partition coefficient (Wildman–Crippen LogP) is 2.84. The molecule has 2 N–H and O–H groups in total. The molecule has 24 heavy (non-hydrogen) atoms. The molecule has 2 aliphatic rings. The van der Waals surface area contributed by atoms with E-state index in [0.717, 1.165) is 17.0 Å². The van der Waals surface area contributed by atoms with Crippen LogP contribution in [0.15, 0.2) is 18.2 Å². The van der Waals surface area contributed by atoms with E-state index in [-0.39, 0.29) is 37.8 Å². The maximum atomic E-state index is 14.1. The Morgan fingerprint density at radius 1 is 1.17 bits per heavy atom. The number of nitrogens with zero attached hydrogens (tertiary/aromatic N) is 1. The van der Waals surface area contributed by atoms with E-state index in [2.05, 4.69) is 0 Å². The molecule has 1 saturated carbocycles. The summed E-state index contributed by atoms with van der Waals surface area (Å²) in [6, 6.07) is 1.70. The fourth-order valence-corrected chi connectivity index (χ4v) is 3.82. The first-order valence-corrected chi connectivity index (χ1v) is 7.92. The second-order valence-corrected chi connectivity index (χ2v) is 7.12. The van der Waals surface area contributed by atoms with Gasteiger partial charge in [0, 0.05) is 6.07 Å². The molecule has 2 fully saturated rings. The third-order valence-corrected chi connectivity index (χ3v) is 5.27. The van der Waals surface area contributed by atoms with Crippen molar-refractivity contribution in [3.63, 3.8) is 0 Å². The van der Waals surface area contributed by atoms with Crippen molar-refractivity contribution in [2.75, 3.05) is 4.90 Å². The maximum Gasteiger partial charge on any atom is 0.240 e. The summed E-state index contributed by atoms with van der Waals surface area (Å²) in [5, 5.41) is 0. The molecule has 0 bridgehead atoms.